The van der Waals surface area contributed by atoms with Gasteiger partial charge < -0.3 is 26.3 Å². The number of unbranched alkanes of at least 4 members (excludes halogenated alkanes) is 3. The van der Waals surface area contributed by atoms with Crippen molar-refractivity contribution < 1.29 is 25.7 Å². The molecule has 0 radical (unpaired) electrons. The number of carboxylic acids is 1. The highest BCUT2D eigenvalue weighted by atomic mass is 35.5. The molecule has 1 aromatic rings. The minimum atomic E-state index is -1.22. The van der Waals surface area contributed by atoms with E-state index in [0.717, 1.165) is 32.2 Å². The van der Waals surface area contributed by atoms with Crippen LogP contribution in [0.5, 0.6) is 0 Å². The summed E-state index contributed by atoms with van der Waals surface area (Å²) >= 11 is 5.84. The Morgan fingerprint density at radius 3 is 2.65 bits per heavy atom. The van der Waals surface area contributed by atoms with Crippen LogP contribution in [0, 0.1) is 0 Å². The summed E-state index contributed by atoms with van der Waals surface area (Å²) in [6, 6.07) is 5.85. The van der Waals surface area contributed by atoms with Gasteiger partial charge in [0, 0.05) is 10.7 Å². The normalized spacial score (nSPS) is 11.9. The predicted molar refractivity (Wildman–Crippen MR) is 86.5 cm³/mol. The van der Waals surface area contributed by atoms with Crippen molar-refractivity contribution in [1.29, 1.82) is 0 Å². The van der Waals surface area contributed by atoms with Gasteiger partial charge in [-0.2, -0.15) is 0 Å². The third kappa shape index (κ3) is 8.54. The molecular weight excluding hydrogens is 318 g/mol. The van der Waals surface area contributed by atoms with E-state index >= 15 is 0 Å². The van der Waals surface area contributed by atoms with Crippen LogP contribution in [0.3, 0.4) is 0 Å². The zero-order valence-electron chi connectivity index (χ0n) is 13.2. The quantitative estimate of drug-likeness (QED) is 0.455. The van der Waals surface area contributed by atoms with Gasteiger partial charge in [0.1, 0.15) is 6.04 Å². The van der Waals surface area contributed by atoms with Crippen LogP contribution in [0.2, 0.25) is 5.02 Å². The van der Waals surface area contributed by atoms with Gasteiger partial charge in [0.25, 0.3) is 0 Å². The molecule has 0 unspecified atom stereocenters. The van der Waals surface area contributed by atoms with Crippen LogP contribution in [0.4, 0.5) is 5.69 Å². The SMILES string of the molecule is [NH3+]CCCCCC[NH2+][C@H](CC(=O)Nc1cccc(Cl)c1)C(=O)[O-]. The van der Waals surface area contributed by atoms with Gasteiger partial charge in [-0.05, 0) is 43.9 Å². The Morgan fingerprint density at radius 1 is 1.26 bits per heavy atom. The lowest BCUT2D eigenvalue weighted by atomic mass is 10.1. The van der Waals surface area contributed by atoms with E-state index in [9.17, 15) is 14.7 Å². The molecule has 0 aliphatic heterocycles. The second kappa shape index (κ2) is 11.0. The molecule has 1 atom stereocenters. The average molecular weight is 343 g/mol. The van der Waals surface area contributed by atoms with E-state index in [0.29, 0.717) is 17.3 Å². The van der Waals surface area contributed by atoms with Gasteiger partial charge in [-0.25, -0.2) is 0 Å². The van der Waals surface area contributed by atoms with Gasteiger partial charge in [-0.1, -0.05) is 17.7 Å². The summed E-state index contributed by atoms with van der Waals surface area (Å²) in [7, 11) is 0. The zero-order valence-corrected chi connectivity index (χ0v) is 14.0. The number of carbonyl (C=O) groups is 2. The molecular formula is C16H25ClN3O3+. The maximum atomic E-state index is 11.9. The minimum absolute atomic E-state index is 0.131. The van der Waals surface area contributed by atoms with E-state index in [-0.39, 0.29) is 12.3 Å². The number of halogens is 1. The third-order valence-electron chi connectivity index (χ3n) is 3.47. The van der Waals surface area contributed by atoms with E-state index in [2.05, 4.69) is 11.1 Å². The van der Waals surface area contributed by atoms with Crippen LogP contribution in [0.15, 0.2) is 24.3 Å². The molecule has 1 rings (SSSR count). The van der Waals surface area contributed by atoms with Gasteiger partial charge >= 0.3 is 0 Å². The molecule has 0 heterocycles. The number of rotatable bonds is 11. The van der Waals surface area contributed by atoms with Crippen molar-refractivity contribution in [3.8, 4) is 0 Å². The molecule has 0 aromatic heterocycles. The number of carboxylic acid groups (broad SMARTS) is 1. The summed E-state index contributed by atoms with van der Waals surface area (Å²) in [5.41, 5.74) is 4.33. The number of amides is 1. The Labute approximate surface area is 141 Å². The van der Waals surface area contributed by atoms with E-state index in [1.807, 2.05) is 0 Å². The molecule has 0 aliphatic carbocycles. The van der Waals surface area contributed by atoms with Gasteiger partial charge in [-0.3, -0.25) is 4.79 Å². The molecule has 0 fully saturated rings. The first-order valence-electron chi connectivity index (χ1n) is 7.91. The van der Waals surface area contributed by atoms with E-state index < -0.39 is 12.0 Å². The molecule has 0 aliphatic rings. The summed E-state index contributed by atoms with van der Waals surface area (Å²) in [5, 5.41) is 16.0. The Morgan fingerprint density at radius 2 is 2.00 bits per heavy atom. The number of hydrogen-bond acceptors (Lipinski definition) is 3. The topological polar surface area (TPSA) is 113 Å². The molecule has 6 nitrogen and oxygen atoms in total. The first kappa shape index (κ1) is 19.4. The Hall–Kier alpha value is -1.63. The molecule has 0 spiro atoms. The van der Waals surface area contributed by atoms with Crippen molar-refractivity contribution in [3.63, 3.8) is 0 Å². The molecule has 0 saturated carbocycles. The van der Waals surface area contributed by atoms with Crippen LogP contribution in [0.1, 0.15) is 32.1 Å². The lowest BCUT2D eigenvalue weighted by Crippen LogP contribution is -2.93. The monoisotopic (exact) mass is 342 g/mol. The molecule has 1 amide bonds. The second-order valence-corrected chi connectivity index (χ2v) is 5.92. The average Bonchev–Trinajstić information content (AvgIpc) is 2.49. The zero-order chi connectivity index (χ0) is 17.1. The van der Waals surface area contributed by atoms with E-state index in [1.54, 1.807) is 29.6 Å². The summed E-state index contributed by atoms with van der Waals surface area (Å²) in [6.45, 7) is 1.59. The predicted octanol–water partition coefficient (Wildman–Crippen LogP) is -0.847. The molecule has 1 aromatic carbocycles. The van der Waals surface area contributed by atoms with Crippen LogP contribution < -0.4 is 21.5 Å². The van der Waals surface area contributed by atoms with Crippen molar-refractivity contribution in [1.82, 2.24) is 0 Å². The Kier molecular flexibility index (Phi) is 9.28. The van der Waals surface area contributed by atoms with Crippen molar-refractivity contribution in [3.05, 3.63) is 29.3 Å². The number of nitrogens with one attached hydrogen (secondary N) is 1. The van der Waals surface area contributed by atoms with Gasteiger partial charge in [0.2, 0.25) is 5.91 Å². The van der Waals surface area contributed by atoms with Crippen molar-refractivity contribution in [2.45, 2.75) is 38.1 Å². The first-order chi connectivity index (χ1) is 11.0. The van der Waals surface area contributed by atoms with Gasteiger partial charge in [0.15, 0.2) is 0 Å². The number of carbonyl (C=O) groups excluding carboxylic acids is 2. The largest absolute Gasteiger partial charge is 0.544 e. The number of quaternary nitrogens is 2. The highest BCUT2D eigenvalue weighted by molar-refractivity contribution is 6.30. The first-order valence-corrected chi connectivity index (χ1v) is 8.29. The third-order valence-corrected chi connectivity index (χ3v) is 3.71. The lowest BCUT2D eigenvalue weighted by Gasteiger charge is -2.16. The van der Waals surface area contributed by atoms with Gasteiger partial charge in [-0.15, -0.1) is 0 Å². The smallest absolute Gasteiger partial charge is 0.230 e. The molecule has 6 N–H and O–H groups in total. The standard InChI is InChI=1S/C16H24ClN3O3/c17-12-6-5-7-13(10-12)20-15(21)11-14(16(22)23)19-9-4-2-1-3-8-18/h5-7,10,14,19H,1-4,8-9,11,18H2,(H,20,21)(H,22,23)/p+1/t14-/m1/s1. The Bertz CT molecular complexity index is 511. The summed E-state index contributed by atoms with van der Waals surface area (Å²) in [6.07, 6.45) is 4.02. The number of nitrogens with two attached hydrogens (primary N) is 1. The maximum absolute atomic E-state index is 11.9. The molecule has 0 saturated heterocycles. The molecule has 0 bridgehead atoms. The number of anilines is 1. The van der Waals surface area contributed by atoms with E-state index in [1.165, 1.54) is 0 Å². The lowest BCUT2D eigenvalue weighted by molar-refractivity contribution is -0.682. The second-order valence-electron chi connectivity index (χ2n) is 5.48. The minimum Gasteiger partial charge on any atom is -0.544 e. The number of hydrogen-bond donors (Lipinski definition) is 3. The van der Waals surface area contributed by atoms with Crippen LogP contribution in [-0.4, -0.2) is 31.0 Å². The van der Waals surface area contributed by atoms with Crippen molar-refractivity contribution >= 4 is 29.2 Å². The summed E-state index contributed by atoms with van der Waals surface area (Å²) < 4.78 is 0. The highest BCUT2D eigenvalue weighted by Crippen LogP contribution is 2.15. The summed E-state index contributed by atoms with van der Waals surface area (Å²) in [4.78, 5) is 23.1. The van der Waals surface area contributed by atoms with E-state index in [4.69, 9.17) is 11.6 Å². The fourth-order valence-electron chi connectivity index (χ4n) is 2.23. The van der Waals surface area contributed by atoms with Crippen molar-refractivity contribution in [2.24, 2.45) is 0 Å². The highest BCUT2D eigenvalue weighted by Gasteiger charge is 2.18. The van der Waals surface area contributed by atoms with Crippen molar-refractivity contribution in [2.75, 3.05) is 18.4 Å². The Balaban J connectivity index is 2.36. The van der Waals surface area contributed by atoms with Crippen LogP contribution >= 0.6 is 11.6 Å². The number of benzene rings is 1. The van der Waals surface area contributed by atoms with Crippen LogP contribution in [0.25, 0.3) is 0 Å². The molecule has 7 heteroatoms. The fraction of sp³-hybridized carbons (Fsp3) is 0.500. The molecule has 128 valence electrons. The van der Waals surface area contributed by atoms with Gasteiger partial charge in [0.05, 0.1) is 25.5 Å². The molecule has 23 heavy (non-hydrogen) atoms. The number of aliphatic carboxylic acids is 1. The maximum Gasteiger partial charge on any atom is 0.230 e. The summed E-state index contributed by atoms with van der Waals surface area (Å²) in [5.74, 6) is -1.58. The van der Waals surface area contributed by atoms with Crippen LogP contribution in [-0.2, 0) is 9.59 Å². The fourth-order valence-corrected chi connectivity index (χ4v) is 2.42.